The van der Waals surface area contributed by atoms with Crippen molar-refractivity contribution in [1.82, 2.24) is 15.0 Å². The van der Waals surface area contributed by atoms with Gasteiger partial charge in [0.2, 0.25) is 0 Å². The molecule has 0 atom stereocenters. The van der Waals surface area contributed by atoms with Crippen LogP contribution in [-0.4, -0.2) is 41.1 Å². The molecule has 0 N–H and O–H groups in total. The number of hydrogen-bond donors (Lipinski definition) is 0. The minimum absolute atomic E-state index is 0.191. The van der Waals surface area contributed by atoms with Crippen LogP contribution < -0.4 is 9.80 Å². The fourth-order valence-corrected chi connectivity index (χ4v) is 3.83. The summed E-state index contributed by atoms with van der Waals surface area (Å²) in [6.07, 6.45) is 6.47. The first kappa shape index (κ1) is 19.3. The Morgan fingerprint density at radius 2 is 1.72 bits per heavy atom. The summed E-state index contributed by atoms with van der Waals surface area (Å²) in [5.74, 6) is 1.52. The average Bonchev–Trinajstić information content (AvgIpc) is 2.79. The fourth-order valence-electron chi connectivity index (χ4n) is 3.83. The topological polar surface area (TPSA) is 45.2 Å². The van der Waals surface area contributed by atoms with Gasteiger partial charge in [-0.05, 0) is 55.7 Å². The number of piperidine rings is 1. The van der Waals surface area contributed by atoms with Crippen molar-refractivity contribution in [2.75, 3.05) is 29.9 Å². The SMILES string of the molecule is CCc1cc(N(C)C2CCN(c3ccc(F)cc3)CC2)nc(-c2ccncc2)n1. The van der Waals surface area contributed by atoms with E-state index in [0.717, 1.165) is 60.9 Å². The maximum atomic E-state index is 13.2. The Labute approximate surface area is 171 Å². The molecule has 4 rings (SSSR count). The Morgan fingerprint density at radius 3 is 2.38 bits per heavy atom. The van der Waals surface area contributed by atoms with E-state index in [1.807, 2.05) is 24.3 Å². The maximum absolute atomic E-state index is 13.2. The lowest BCUT2D eigenvalue weighted by atomic mass is 10.0. The van der Waals surface area contributed by atoms with Crippen molar-refractivity contribution in [1.29, 1.82) is 0 Å². The third-order valence-electron chi connectivity index (χ3n) is 5.63. The fraction of sp³-hybridized carbons (Fsp3) is 0.348. The predicted octanol–water partition coefficient (Wildman–Crippen LogP) is 4.35. The molecule has 3 heterocycles. The monoisotopic (exact) mass is 391 g/mol. The van der Waals surface area contributed by atoms with E-state index >= 15 is 0 Å². The number of benzene rings is 1. The van der Waals surface area contributed by atoms with E-state index < -0.39 is 0 Å². The average molecular weight is 391 g/mol. The van der Waals surface area contributed by atoms with Crippen molar-refractivity contribution in [3.8, 4) is 11.4 Å². The van der Waals surface area contributed by atoms with Crippen LogP contribution in [-0.2, 0) is 6.42 Å². The van der Waals surface area contributed by atoms with Crippen LogP contribution in [0.5, 0.6) is 0 Å². The molecule has 3 aromatic rings. The Morgan fingerprint density at radius 1 is 1.03 bits per heavy atom. The molecule has 0 bridgehead atoms. The van der Waals surface area contributed by atoms with Gasteiger partial charge < -0.3 is 9.80 Å². The number of aryl methyl sites for hydroxylation is 1. The molecule has 5 nitrogen and oxygen atoms in total. The molecule has 0 spiro atoms. The second-order valence-corrected chi connectivity index (χ2v) is 7.44. The van der Waals surface area contributed by atoms with Gasteiger partial charge in [0.25, 0.3) is 0 Å². The zero-order valence-corrected chi connectivity index (χ0v) is 16.9. The van der Waals surface area contributed by atoms with Gasteiger partial charge in [0, 0.05) is 61.6 Å². The zero-order valence-electron chi connectivity index (χ0n) is 16.9. The summed E-state index contributed by atoms with van der Waals surface area (Å²) in [6, 6.07) is 13.2. The van der Waals surface area contributed by atoms with E-state index in [1.54, 1.807) is 12.4 Å². The van der Waals surface area contributed by atoms with Gasteiger partial charge >= 0.3 is 0 Å². The van der Waals surface area contributed by atoms with Crippen molar-refractivity contribution >= 4 is 11.5 Å². The number of pyridine rings is 1. The molecule has 1 aromatic carbocycles. The van der Waals surface area contributed by atoms with Crippen LogP contribution in [0.15, 0.2) is 54.9 Å². The maximum Gasteiger partial charge on any atom is 0.161 e. The quantitative estimate of drug-likeness (QED) is 0.647. The van der Waals surface area contributed by atoms with Crippen LogP contribution in [0.1, 0.15) is 25.5 Å². The van der Waals surface area contributed by atoms with Crippen molar-refractivity contribution in [2.24, 2.45) is 0 Å². The van der Waals surface area contributed by atoms with Crippen molar-refractivity contribution in [3.05, 3.63) is 66.4 Å². The van der Waals surface area contributed by atoms with Gasteiger partial charge in [-0.25, -0.2) is 14.4 Å². The largest absolute Gasteiger partial charge is 0.371 e. The standard InChI is InChI=1S/C23H26FN5/c1-3-19-16-22(27-23(26-19)17-8-12-25-13-9-17)28(2)20-10-14-29(15-11-20)21-6-4-18(24)5-7-21/h4-9,12-13,16,20H,3,10-11,14-15H2,1-2H3. The second kappa shape index (κ2) is 8.55. The van der Waals surface area contributed by atoms with Crippen LogP contribution in [0.25, 0.3) is 11.4 Å². The molecule has 29 heavy (non-hydrogen) atoms. The normalized spacial score (nSPS) is 14.8. The minimum atomic E-state index is -0.191. The summed E-state index contributed by atoms with van der Waals surface area (Å²) in [6.45, 7) is 4.01. The van der Waals surface area contributed by atoms with Gasteiger partial charge in [0.05, 0.1) is 0 Å². The smallest absolute Gasteiger partial charge is 0.161 e. The third kappa shape index (κ3) is 4.36. The van der Waals surface area contributed by atoms with Crippen molar-refractivity contribution in [2.45, 2.75) is 32.2 Å². The highest BCUT2D eigenvalue weighted by molar-refractivity contribution is 5.57. The van der Waals surface area contributed by atoms with E-state index in [2.05, 4.69) is 34.8 Å². The van der Waals surface area contributed by atoms with Gasteiger partial charge in [-0.15, -0.1) is 0 Å². The Balaban J connectivity index is 1.50. The summed E-state index contributed by atoms with van der Waals surface area (Å²) < 4.78 is 13.2. The molecule has 0 aliphatic carbocycles. The molecular weight excluding hydrogens is 365 g/mol. The number of anilines is 2. The molecule has 150 valence electrons. The van der Waals surface area contributed by atoms with E-state index in [0.29, 0.717) is 6.04 Å². The first-order valence-corrected chi connectivity index (χ1v) is 10.2. The van der Waals surface area contributed by atoms with Crippen molar-refractivity contribution in [3.63, 3.8) is 0 Å². The lowest BCUT2D eigenvalue weighted by molar-refractivity contribution is 0.480. The number of hydrogen-bond acceptors (Lipinski definition) is 5. The van der Waals surface area contributed by atoms with E-state index in [4.69, 9.17) is 9.97 Å². The summed E-state index contributed by atoms with van der Waals surface area (Å²) in [5.41, 5.74) is 3.11. The molecule has 2 aromatic heterocycles. The van der Waals surface area contributed by atoms with E-state index in [9.17, 15) is 4.39 Å². The van der Waals surface area contributed by atoms with Gasteiger partial charge in [0.1, 0.15) is 11.6 Å². The number of halogens is 1. The molecule has 0 unspecified atom stereocenters. The van der Waals surface area contributed by atoms with Gasteiger partial charge in [-0.1, -0.05) is 6.92 Å². The molecule has 0 amide bonds. The van der Waals surface area contributed by atoms with E-state index in [-0.39, 0.29) is 5.82 Å². The lowest BCUT2D eigenvalue weighted by Crippen LogP contribution is -2.43. The molecule has 6 heteroatoms. The molecule has 1 aliphatic heterocycles. The Kier molecular flexibility index (Phi) is 5.69. The summed E-state index contributed by atoms with van der Waals surface area (Å²) in [7, 11) is 2.12. The Bertz CT molecular complexity index is 937. The zero-order chi connectivity index (χ0) is 20.2. The highest BCUT2D eigenvalue weighted by Crippen LogP contribution is 2.26. The molecule has 1 saturated heterocycles. The van der Waals surface area contributed by atoms with Crippen molar-refractivity contribution < 1.29 is 4.39 Å². The summed E-state index contributed by atoms with van der Waals surface area (Å²) in [4.78, 5) is 18.2. The number of aromatic nitrogens is 3. The second-order valence-electron chi connectivity index (χ2n) is 7.44. The van der Waals surface area contributed by atoms with Crippen LogP contribution in [0.4, 0.5) is 15.9 Å². The highest BCUT2D eigenvalue weighted by Gasteiger charge is 2.24. The molecule has 0 radical (unpaired) electrons. The number of rotatable bonds is 5. The molecule has 0 saturated carbocycles. The molecule has 1 aliphatic rings. The summed E-state index contributed by atoms with van der Waals surface area (Å²) in [5, 5.41) is 0. The first-order valence-electron chi connectivity index (χ1n) is 10.2. The summed E-state index contributed by atoms with van der Waals surface area (Å²) >= 11 is 0. The predicted molar refractivity (Wildman–Crippen MR) is 115 cm³/mol. The lowest BCUT2D eigenvalue weighted by Gasteiger charge is -2.38. The minimum Gasteiger partial charge on any atom is -0.371 e. The van der Waals surface area contributed by atoms with Crippen LogP contribution in [0, 0.1) is 5.82 Å². The number of nitrogens with zero attached hydrogens (tertiary/aromatic N) is 5. The molecule has 1 fully saturated rings. The Hall–Kier alpha value is -3.02. The molecular formula is C23H26FN5. The van der Waals surface area contributed by atoms with Crippen LogP contribution in [0.2, 0.25) is 0 Å². The van der Waals surface area contributed by atoms with Crippen LogP contribution in [0.3, 0.4) is 0 Å². The van der Waals surface area contributed by atoms with Gasteiger partial charge in [-0.3, -0.25) is 4.98 Å². The highest BCUT2D eigenvalue weighted by atomic mass is 19.1. The first-order chi connectivity index (χ1) is 14.1. The van der Waals surface area contributed by atoms with Gasteiger partial charge in [0.15, 0.2) is 5.82 Å². The third-order valence-corrected chi connectivity index (χ3v) is 5.63. The van der Waals surface area contributed by atoms with Gasteiger partial charge in [-0.2, -0.15) is 0 Å². The van der Waals surface area contributed by atoms with Crippen LogP contribution >= 0.6 is 0 Å². The van der Waals surface area contributed by atoms with E-state index in [1.165, 1.54) is 12.1 Å².